The maximum absolute atomic E-state index is 12.0. The number of carboxylic acid groups (broad SMARTS) is 1. The topological polar surface area (TPSA) is 101 Å². The molecule has 104 valence electrons. The van der Waals surface area contributed by atoms with Crippen molar-refractivity contribution in [2.45, 2.75) is 12.5 Å². The van der Waals surface area contributed by atoms with Gasteiger partial charge in [0, 0.05) is 11.1 Å². The van der Waals surface area contributed by atoms with Gasteiger partial charge in [0.1, 0.15) is 17.9 Å². The number of benzene rings is 1. The van der Waals surface area contributed by atoms with Crippen molar-refractivity contribution in [1.29, 1.82) is 0 Å². The normalized spacial score (nSPS) is 16.9. The summed E-state index contributed by atoms with van der Waals surface area (Å²) in [5.41, 5.74) is -0.915. The minimum atomic E-state index is -1.07. The van der Waals surface area contributed by atoms with Crippen LogP contribution in [0, 0.1) is 0 Å². The molecule has 2 aromatic rings. The minimum absolute atomic E-state index is 0.00188. The van der Waals surface area contributed by atoms with Gasteiger partial charge in [0.15, 0.2) is 0 Å². The Kier molecular flexibility index (Phi) is 2.79. The van der Waals surface area contributed by atoms with E-state index in [1.807, 2.05) is 0 Å². The Hall–Kier alpha value is -2.28. The molecule has 0 bridgehead atoms. The van der Waals surface area contributed by atoms with Gasteiger partial charge in [-0.3, -0.25) is 19.0 Å². The summed E-state index contributed by atoms with van der Waals surface area (Å²) < 4.78 is 6.63. The molecule has 2 N–H and O–H groups in total. The Balaban J connectivity index is 2.39. The Bertz CT molecular complexity index is 838. The van der Waals surface area contributed by atoms with Crippen LogP contribution in [0.1, 0.15) is 12.5 Å². The van der Waals surface area contributed by atoms with E-state index in [0.717, 1.165) is 0 Å². The molecule has 2 heterocycles. The quantitative estimate of drug-likeness (QED) is 0.796. The molecule has 1 atom stereocenters. The lowest BCUT2D eigenvalue weighted by molar-refractivity contribution is -0.138. The smallest absolute Gasteiger partial charge is 0.317 e. The van der Waals surface area contributed by atoms with E-state index in [1.54, 1.807) is 0 Å². The number of hydrogen-bond donors (Lipinski definition) is 2. The molecule has 7 nitrogen and oxygen atoms in total. The molecule has 0 amide bonds. The fraction of sp³-hybridized carbons (Fsp3) is 0.250. The Labute approximate surface area is 116 Å². The minimum Gasteiger partial charge on any atom is -0.489 e. The lowest BCUT2D eigenvalue weighted by Crippen LogP contribution is -2.42. The second-order valence-electron chi connectivity index (χ2n) is 4.49. The predicted octanol–water partition coefficient (Wildman–Crippen LogP) is 0.751. The van der Waals surface area contributed by atoms with Gasteiger partial charge in [-0.25, -0.2) is 0 Å². The average molecular weight is 297 g/mol. The first-order valence-corrected chi connectivity index (χ1v) is 6.18. The van der Waals surface area contributed by atoms with Gasteiger partial charge < -0.3 is 14.8 Å². The fourth-order valence-corrected chi connectivity index (χ4v) is 2.58. The van der Waals surface area contributed by atoms with E-state index in [2.05, 4.69) is 4.98 Å². The van der Waals surface area contributed by atoms with Crippen molar-refractivity contribution in [1.82, 2.24) is 9.55 Å². The SMILES string of the molecule is O=C(O)CC1COc2cc(Cl)cc3[nH]c(=O)c(=O)n1c23. The van der Waals surface area contributed by atoms with Crippen LogP contribution in [0.2, 0.25) is 5.02 Å². The lowest BCUT2D eigenvalue weighted by atomic mass is 10.1. The van der Waals surface area contributed by atoms with Gasteiger partial charge >= 0.3 is 17.1 Å². The highest BCUT2D eigenvalue weighted by Crippen LogP contribution is 2.33. The molecule has 1 aromatic heterocycles. The first kappa shape index (κ1) is 12.7. The third-order valence-electron chi connectivity index (χ3n) is 3.15. The average Bonchev–Trinajstić information content (AvgIpc) is 2.36. The number of ether oxygens (including phenoxy) is 1. The Morgan fingerprint density at radius 3 is 2.95 bits per heavy atom. The number of carbonyl (C=O) groups is 1. The molecule has 0 saturated heterocycles. The van der Waals surface area contributed by atoms with Crippen LogP contribution >= 0.6 is 11.6 Å². The number of H-pyrrole nitrogens is 1. The number of nitrogens with one attached hydrogen (secondary N) is 1. The monoisotopic (exact) mass is 296 g/mol. The van der Waals surface area contributed by atoms with E-state index >= 15 is 0 Å². The number of aliphatic carboxylic acids is 1. The molecule has 0 fully saturated rings. The van der Waals surface area contributed by atoms with Crippen LogP contribution in [0.5, 0.6) is 5.75 Å². The summed E-state index contributed by atoms with van der Waals surface area (Å²) in [6, 6.07) is 2.29. The number of aromatic amines is 1. The molecule has 0 radical (unpaired) electrons. The molecule has 1 aliphatic rings. The van der Waals surface area contributed by atoms with Crippen LogP contribution in [0.4, 0.5) is 0 Å². The van der Waals surface area contributed by atoms with Gasteiger partial charge in [-0.2, -0.15) is 0 Å². The van der Waals surface area contributed by atoms with E-state index in [9.17, 15) is 14.4 Å². The van der Waals surface area contributed by atoms with E-state index in [4.69, 9.17) is 21.4 Å². The van der Waals surface area contributed by atoms with Crippen LogP contribution in [-0.4, -0.2) is 27.2 Å². The first-order chi connectivity index (χ1) is 9.47. The molecular formula is C12H9ClN2O5. The molecule has 20 heavy (non-hydrogen) atoms. The highest BCUT2D eigenvalue weighted by Gasteiger charge is 2.27. The molecule has 0 saturated carbocycles. The summed E-state index contributed by atoms with van der Waals surface area (Å²) >= 11 is 5.91. The van der Waals surface area contributed by atoms with Gasteiger partial charge in [0.05, 0.1) is 18.0 Å². The van der Waals surface area contributed by atoms with E-state index in [0.29, 0.717) is 21.8 Å². The van der Waals surface area contributed by atoms with E-state index in [-0.39, 0.29) is 13.0 Å². The largest absolute Gasteiger partial charge is 0.489 e. The summed E-state index contributed by atoms with van der Waals surface area (Å²) in [5.74, 6) is -0.723. The predicted molar refractivity (Wildman–Crippen MR) is 70.6 cm³/mol. The van der Waals surface area contributed by atoms with Crippen molar-refractivity contribution in [2.75, 3.05) is 6.61 Å². The van der Waals surface area contributed by atoms with Crippen LogP contribution in [0.25, 0.3) is 11.0 Å². The number of aromatic nitrogens is 2. The van der Waals surface area contributed by atoms with Crippen molar-refractivity contribution in [3.05, 3.63) is 37.9 Å². The second kappa shape index (κ2) is 4.38. The van der Waals surface area contributed by atoms with Crippen molar-refractivity contribution >= 4 is 28.6 Å². The molecule has 1 aliphatic heterocycles. The highest BCUT2D eigenvalue weighted by atomic mass is 35.5. The van der Waals surface area contributed by atoms with Crippen LogP contribution < -0.4 is 15.9 Å². The van der Waals surface area contributed by atoms with Gasteiger partial charge in [0.25, 0.3) is 0 Å². The molecule has 3 rings (SSSR count). The molecule has 1 aromatic carbocycles. The zero-order valence-corrected chi connectivity index (χ0v) is 10.8. The number of rotatable bonds is 2. The fourth-order valence-electron chi connectivity index (χ4n) is 2.38. The number of hydrogen-bond acceptors (Lipinski definition) is 4. The molecule has 0 spiro atoms. The summed E-state index contributed by atoms with van der Waals surface area (Å²) in [7, 11) is 0. The maximum Gasteiger partial charge on any atom is 0.317 e. The molecule has 1 unspecified atom stereocenters. The zero-order chi connectivity index (χ0) is 14.4. The molecular weight excluding hydrogens is 288 g/mol. The third kappa shape index (κ3) is 1.87. The lowest BCUT2D eigenvalue weighted by Gasteiger charge is -2.26. The van der Waals surface area contributed by atoms with E-state index in [1.165, 1.54) is 16.7 Å². The second-order valence-corrected chi connectivity index (χ2v) is 4.93. The van der Waals surface area contributed by atoms with Gasteiger partial charge in [-0.1, -0.05) is 11.6 Å². The molecule has 8 heteroatoms. The summed E-state index contributed by atoms with van der Waals surface area (Å²) in [6.45, 7) is -0.00188. The van der Waals surface area contributed by atoms with Crippen molar-refractivity contribution < 1.29 is 14.6 Å². The number of nitrogens with zero attached hydrogens (tertiary/aromatic N) is 1. The molecule has 0 aliphatic carbocycles. The number of carboxylic acids is 1. The third-order valence-corrected chi connectivity index (χ3v) is 3.37. The number of halogens is 1. The van der Waals surface area contributed by atoms with E-state index < -0.39 is 23.1 Å². The first-order valence-electron chi connectivity index (χ1n) is 5.80. The van der Waals surface area contributed by atoms with Crippen LogP contribution in [0.15, 0.2) is 21.7 Å². The summed E-state index contributed by atoms with van der Waals surface area (Å²) in [4.78, 5) is 37.0. The van der Waals surface area contributed by atoms with Crippen LogP contribution in [-0.2, 0) is 4.79 Å². The Morgan fingerprint density at radius 1 is 1.50 bits per heavy atom. The summed E-state index contributed by atoms with van der Waals surface area (Å²) in [5, 5.41) is 9.25. The Morgan fingerprint density at radius 2 is 2.25 bits per heavy atom. The standard InChI is InChI=1S/C12H9ClN2O5/c13-5-1-7-10-8(2-5)20-4-6(3-9(16)17)15(10)12(19)11(18)14-7/h1-2,6H,3-4H2,(H,14,18)(H,16,17). The van der Waals surface area contributed by atoms with Gasteiger partial charge in [0.2, 0.25) is 0 Å². The van der Waals surface area contributed by atoms with Crippen molar-refractivity contribution in [3.63, 3.8) is 0 Å². The maximum atomic E-state index is 12.0. The highest BCUT2D eigenvalue weighted by molar-refractivity contribution is 6.31. The zero-order valence-electron chi connectivity index (χ0n) is 10.1. The van der Waals surface area contributed by atoms with Gasteiger partial charge in [-0.15, -0.1) is 0 Å². The van der Waals surface area contributed by atoms with Crippen molar-refractivity contribution in [3.8, 4) is 5.75 Å². The van der Waals surface area contributed by atoms with Crippen LogP contribution in [0.3, 0.4) is 0 Å². The van der Waals surface area contributed by atoms with Gasteiger partial charge in [-0.05, 0) is 6.07 Å². The van der Waals surface area contributed by atoms with Crippen molar-refractivity contribution in [2.24, 2.45) is 0 Å². The summed E-state index contributed by atoms with van der Waals surface area (Å²) in [6.07, 6.45) is -0.305.